The van der Waals surface area contributed by atoms with Gasteiger partial charge in [0.2, 0.25) is 11.8 Å². The van der Waals surface area contributed by atoms with Crippen LogP contribution in [0.2, 0.25) is 0 Å². The summed E-state index contributed by atoms with van der Waals surface area (Å²) in [6, 6.07) is 13.7. The number of piperidine rings is 1. The van der Waals surface area contributed by atoms with Crippen LogP contribution in [-0.2, 0) is 11.3 Å². The van der Waals surface area contributed by atoms with E-state index in [4.69, 9.17) is 19.4 Å². The first-order valence-electron chi connectivity index (χ1n) is 13.3. The standard InChI is InChI=1S/C28H32N8O3/c1-2-14-35-27(37)23-19-30-28(31-20-6-8-21(9-7-20)34-15-17-38-18-16-34)33-26(23)36(35)24-4-3-5-25(32-24)39-22-10-12-29-13-11-22/h2-9,19,22,29H,1,10-18H2,(H,30,31,33). The fraction of sp³-hybridized carbons (Fsp3) is 0.357. The van der Waals surface area contributed by atoms with E-state index in [0.29, 0.717) is 35.2 Å². The molecule has 4 aromatic rings. The maximum absolute atomic E-state index is 13.3. The molecule has 2 saturated heterocycles. The number of allylic oxidation sites excluding steroid dienone is 1. The molecule has 1 aromatic carbocycles. The molecule has 2 aliphatic heterocycles. The number of hydrogen-bond acceptors (Lipinski definition) is 9. The molecule has 0 aliphatic carbocycles. The summed E-state index contributed by atoms with van der Waals surface area (Å²) >= 11 is 0. The second kappa shape index (κ2) is 11.3. The van der Waals surface area contributed by atoms with Crippen LogP contribution in [0.25, 0.3) is 16.9 Å². The largest absolute Gasteiger partial charge is 0.474 e. The molecule has 2 fully saturated rings. The number of aromatic nitrogens is 5. The molecule has 11 heteroatoms. The van der Waals surface area contributed by atoms with Crippen molar-refractivity contribution in [3.63, 3.8) is 0 Å². The lowest BCUT2D eigenvalue weighted by molar-refractivity contribution is 0.122. The quantitative estimate of drug-likeness (QED) is 0.334. The maximum atomic E-state index is 13.3. The van der Waals surface area contributed by atoms with Crippen molar-refractivity contribution in [2.45, 2.75) is 25.5 Å². The van der Waals surface area contributed by atoms with Crippen LogP contribution in [-0.4, -0.2) is 69.8 Å². The molecular formula is C28H32N8O3. The average molecular weight is 529 g/mol. The van der Waals surface area contributed by atoms with Crippen LogP contribution < -0.4 is 25.8 Å². The Morgan fingerprint density at radius 3 is 2.67 bits per heavy atom. The van der Waals surface area contributed by atoms with Crippen molar-refractivity contribution in [2.24, 2.45) is 0 Å². The van der Waals surface area contributed by atoms with Crippen molar-refractivity contribution in [1.82, 2.24) is 29.6 Å². The first-order chi connectivity index (χ1) is 19.2. The lowest BCUT2D eigenvalue weighted by atomic mass is 10.1. The summed E-state index contributed by atoms with van der Waals surface area (Å²) in [5.74, 6) is 1.44. The van der Waals surface area contributed by atoms with Gasteiger partial charge in [-0.25, -0.2) is 14.3 Å². The minimum atomic E-state index is -0.210. The third kappa shape index (κ3) is 5.36. The molecule has 0 bridgehead atoms. The first kappa shape index (κ1) is 25.1. The number of pyridine rings is 1. The smallest absolute Gasteiger partial charge is 0.278 e. The molecule has 0 saturated carbocycles. The van der Waals surface area contributed by atoms with Gasteiger partial charge in [0.1, 0.15) is 11.5 Å². The summed E-state index contributed by atoms with van der Waals surface area (Å²) in [6.07, 6.45) is 5.19. The number of hydrogen-bond donors (Lipinski definition) is 2. The second-order valence-corrected chi connectivity index (χ2v) is 9.59. The first-order valence-corrected chi connectivity index (χ1v) is 13.3. The normalized spacial score (nSPS) is 16.4. The molecule has 2 N–H and O–H groups in total. The van der Waals surface area contributed by atoms with Crippen molar-refractivity contribution in [3.05, 3.63) is 71.7 Å². The van der Waals surface area contributed by atoms with Gasteiger partial charge in [-0.2, -0.15) is 9.97 Å². The van der Waals surface area contributed by atoms with E-state index in [9.17, 15) is 4.79 Å². The van der Waals surface area contributed by atoms with Gasteiger partial charge in [-0.3, -0.25) is 4.79 Å². The predicted molar refractivity (Wildman–Crippen MR) is 150 cm³/mol. The molecule has 0 spiro atoms. The lowest BCUT2D eigenvalue weighted by Crippen LogP contribution is -2.36. The highest BCUT2D eigenvalue weighted by molar-refractivity contribution is 5.77. The molecule has 3 aromatic heterocycles. The van der Waals surface area contributed by atoms with E-state index in [2.05, 4.69) is 39.2 Å². The summed E-state index contributed by atoms with van der Waals surface area (Å²) in [7, 11) is 0. The molecule has 2 aliphatic rings. The van der Waals surface area contributed by atoms with E-state index >= 15 is 0 Å². The number of benzene rings is 1. The van der Waals surface area contributed by atoms with Crippen molar-refractivity contribution in [2.75, 3.05) is 49.6 Å². The third-order valence-electron chi connectivity index (χ3n) is 6.98. The van der Waals surface area contributed by atoms with Crippen LogP contribution in [0, 0.1) is 0 Å². The van der Waals surface area contributed by atoms with Gasteiger partial charge >= 0.3 is 0 Å². The van der Waals surface area contributed by atoms with Gasteiger partial charge in [0, 0.05) is 36.7 Å². The minimum absolute atomic E-state index is 0.110. The van der Waals surface area contributed by atoms with Crippen molar-refractivity contribution in [3.8, 4) is 11.7 Å². The summed E-state index contributed by atoms with van der Waals surface area (Å²) < 4.78 is 14.9. The van der Waals surface area contributed by atoms with Crippen LogP contribution >= 0.6 is 0 Å². The Balaban J connectivity index is 1.31. The molecule has 0 unspecified atom stereocenters. The topological polar surface area (TPSA) is 111 Å². The fourth-order valence-corrected chi connectivity index (χ4v) is 4.99. The third-order valence-corrected chi connectivity index (χ3v) is 6.98. The van der Waals surface area contributed by atoms with E-state index in [1.807, 2.05) is 30.3 Å². The van der Waals surface area contributed by atoms with E-state index in [1.165, 1.54) is 0 Å². The summed E-state index contributed by atoms with van der Waals surface area (Å²) in [4.78, 5) is 29.5. The average Bonchev–Trinajstić information content (AvgIpc) is 3.25. The minimum Gasteiger partial charge on any atom is -0.474 e. The van der Waals surface area contributed by atoms with Crippen LogP contribution in [0.3, 0.4) is 0 Å². The Hall–Kier alpha value is -4.22. The zero-order valence-electron chi connectivity index (χ0n) is 21.8. The number of rotatable bonds is 8. The summed E-state index contributed by atoms with van der Waals surface area (Å²) in [6.45, 7) is 9.21. The molecule has 6 rings (SSSR count). The maximum Gasteiger partial charge on any atom is 0.278 e. The fourth-order valence-electron chi connectivity index (χ4n) is 4.99. The van der Waals surface area contributed by atoms with E-state index in [-0.39, 0.29) is 11.7 Å². The van der Waals surface area contributed by atoms with Gasteiger partial charge in [0.05, 0.1) is 19.8 Å². The summed E-state index contributed by atoms with van der Waals surface area (Å²) in [5.41, 5.74) is 2.24. The summed E-state index contributed by atoms with van der Waals surface area (Å²) in [5, 5.41) is 7.01. The Morgan fingerprint density at radius 1 is 1.10 bits per heavy atom. The molecule has 11 nitrogen and oxygen atoms in total. The lowest BCUT2D eigenvalue weighted by Gasteiger charge is -2.28. The molecule has 5 heterocycles. The molecular weight excluding hydrogens is 496 g/mol. The van der Waals surface area contributed by atoms with Gasteiger partial charge in [0.15, 0.2) is 11.5 Å². The highest BCUT2D eigenvalue weighted by Crippen LogP contribution is 2.23. The van der Waals surface area contributed by atoms with Gasteiger partial charge in [0.25, 0.3) is 5.56 Å². The van der Waals surface area contributed by atoms with Gasteiger partial charge in [-0.05, 0) is 56.3 Å². The van der Waals surface area contributed by atoms with Crippen molar-refractivity contribution < 1.29 is 9.47 Å². The number of nitrogens with one attached hydrogen (secondary N) is 2. The zero-order valence-corrected chi connectivity index (χ0v) is 21.8. The van der Waals surface area contributed by atoms with Crippen molar-refractivity contribution >= 4 is 28.4 Å². The zero-order chi connectivity index (χ0) is 26.6. The van der Waals surface area contributed by atoms with E-state index < -0.39 is 0 Å². The molecule has 0 amide bonds. The predicted octanol–water partition coefficient (Wildman–Crippen LogP) is 2.87. The Morgan fingerprint density at radius 2 is 1.90 bits per heavy atom. The van der Waals surface area contributed by atoms with Gasteiger partial charge in [-0.15, -0.1) is 6.58 Å². The number of morpholine rings is 1. The number of anilines is 3. The Bertz CT molecular complexity index is 1500. The number of ether oxygens (including phenoxy) is 2. The number of nitrogens with zero attached hydrogens (tertiary/aromatic N) is 6. The van der Waals surface area contributed by atoms with Crippen LogP contribution in [0.1, 0.15) is 12.8 Å². The highest BCUT2D eigenvalue weighted by Gasteiger charge is 2.20. The Kier molecular flexibility index (Phi) is 7.24. The molecule has 202 valence electrons. The Labute approximate surface area is 226 Å². The molecule has 39 heavy (non-hydrogen) atoms. The van der Waals surface area contributed by atoms with Crippen LogP contribution in [0.4, 0.5) is 17.3 Å². The van der Waals surface area contributed by atoms with Crippen LogP contribution in [0.15, 0.2) is 66.1 Å². The van der Waals surface area contributed by atoms with E-state index in [0.717, 1.165) is 63.6 Å². The molecule has 0 atom stereocenters. The number of fused-ring (bicyclic) bond motifs is 1. The second-order valence-electron chi connectivity index (χ2n) is 9.59. The van der Waals surface area contributed by atoms with Crippen LogP contribution in [0.5, 0.6) is 5.88 Å². The highest BCUT2D eigenvalue weighted by atomic mass is 16.5. The monoisotopic (exact) mass is 528 g/mol. The molecule has 0 radical (unpaired) electrons. The van der Waals surface area contributed by atoms with Crippen molar-refractivity contribution in [1.29, 1.82) is 0 Å². The SMILES string of the molecule is C=CCn1c(=O)c2cnc(Nc3ccc(N4CCOCC4)cc3)nc2n1-c1cccc(OC2CCNCC2)n1. The van der Waals surface area contributed by atoms with Gasteiger partial charge in [-0.1, -0.05) is 12.1 Å². The van der Waals surface area contributed by atoms with Gasteiger partial charge < -0.3 is 25.0 Å². The van der Waals surface area contributed by atoms with E-state index in [1.54, 1.807) is 21.6 Å².